The van der Waals surface area contributed by atoms with Crippen LogP contribution in [-0.4, -0.2) is 5.11 Å². The zero-order valence-corrected chi connectivity index (χ0v) is 12.3. The van der Waals surface area contributed by atoms with Gasteiger partial charge in [0.25, 0.3) is 0 Å². The lowest BCUT2D eigenvalue weighted by atomic mass is 10.0. The maximum atomic E-state index is 10.2. The molecule has 2 rings (SSSR count). The number of aliphatic hydroxyl groups is 1. The van der Waals surface area contributed by atoms with Gasteiger partial charge in [-0.25, -0.2) is 0 Å². The Kier molecular flexibility index (Phi) is 4.02. The first-order valence-corrected chi connectivity index (χ1v) is 7.16. The monoisotopic (exact) mass is 310 g/mol. The van der Waals surface area contributed by atoms with E-state index in [9.17, 15) is 5.11 Å². The Labute approximate surface area is 114 Å². The van der Waals surface area contributed by atoms with Crippen molar-refractivity contribution in [1.29, 1.82) is 0 Å². The van der Waals surface area contributed by atoms with Crippen LogP contribution in [0.2, 0.25) is 0 Å². The number of hydrogen-bond acceptors (Lipinski definition) is 2. The summed E-state index contributed by atoms with van der Waals surface area (Å²) in [7, 11) is 0. The highest BCUT2D eigenvalue weighted by Crippen LogP contribution is 2.33. The minimum atomic E-state index is -0.426. The number of aliphatic hydroxyl groups excluding tert-OH is 1. The van der Waals surface area contributed by atoms with Gasteiger partial charge >= 0.3 is 0 Å². The lowest BCUT2D eigenvalue weighted by molar-refractivity contribution is 0.181. The van der Waals surface area contributed by atoms with Gasteiger partial charge in [0.15, 0.2) is 0 Å². The molecule has 1 atom stereocenters. The van der Waals surface area contributed by atoms with Gasteiger partial charge < -0.3 is 5.11 Å². The van der Waals surface area contributed by atoms with Crippen LogP contribution in [0.15, 0.2) is 34.8 Å². The molecule has 0 saturated carbocycles. The van der Waals surface area contributed by atoms with E-state index in [4.69, 9.17) is 0 Å². The maximum absolute atomic E-state index is 10.2. The largest absolute Gasteiger partial charge is 0.387 e. The molecule has 2 aromatic rings. The second-order valence-electron chi connectivity index (χ2n) is 4.28. The van der Waals surface area contributed by atoms with E-state index in [2.05, 4.69) is 54.0 Å². The van der Waals surface area contributed by atoms with E-state index in [-0.39, 0.29) is 0 Å². The van der Waals surface area contributed by atoms with Crippen molar-refractivity contribution in [3.8, 4) is 0 Å². The summed E-state index contributed by atoms with van der Waals surface area (Å²) in [5, 5.41) is 10.2. The average molecular weight is 311 g/mol. The molecule has 0 aliphatic rings. The Balaban J connectivity index is 2.16. The minimum Gasteiger partial charge on any atom is -0.387 e. The van der Waals surface area contributed by atoms with E-state index in [0.29, 0.717) is 6.42 Å². The van der Waals surface area contributed by atoms with Crippen LogP contribution in [0.4, 0.5) is 0 Å². The van der Waals surface area contributed by atoms with Gasteiger partial charge in [-0.2, -0.15) is 0 Å². The van der Waals surface area contributed by atoms with Gasteiger partial charge in [-0.05, 0) is 41.4 Å². The molecule has 0 spiro atoms. The SMILES string of the molecule is Cc1cccc(CC(O)c2sc(C)cc2Br)c1. The third kappa shape index (κ3) is 3.18. The van der Waals surface area contributed by atoms with Crippen LogP contribution in [-0.2, 0) is 6.42 Å². The van der Waals surface area contributed by atoms with Crippen molar-refractivity contribution in [1.82, 2.24) is 0 Å². The van der Waals surface area contributed by atoms with Crippen LogP contribution in [0.1, 0.15) is 27.0 Å². The summed E-state index contributed by atoms with van der Waals surface area (Å²) in [5.74, 6) is 0. The molecule has 1 aromatic heterocycles. The van der Waals surface area contributed by atoms with Gasteiger partial charge in [-0.15, -0.1) is 11.3 Å². The zero-order chi connectivity index (χ0) is 12.4. The number of benzene rings is 1. The molecule has 0 radical (unpaired) electrons. The Morgan fingerprint density at radius 3 is 2.65 bits per heavy atom. The predicted octanol–water partition coefficient (Wildman–Crippen LogP) is 4.40. The molecule has 0 bridgehead atoms. The van der Waals surface area contributed by atoms with E-state index in [1.807, 2.05) is 6.07 Å². The zero-order valence-electron chi connectivity index (χ0n) is 9.90. The topological polar surface area (TPSA) is 20.2 Å². The van der Waals surface area contributed by atoms with Gasteiger partial charge in [0.1, 0.15) is 0 Å². The van der Waals surface area contributed by atoms with Crippen LogP contribution in [0.3, 0.4) is 0 Å². The molecule has 0 saturated heterocycles. The fourth-order valence-corrected chi connectivity index (χ4v) is 3.78. The summed E-state index contributed by atoms with van der Waals surface area (Å²) in [5.41, 5.74) is 2.41. The van der Waals surface area contributed by atoms with Crippen LogP contribution in [0.5, 0.6) is 0 Å². The number of aryl methyl sites for hydroxylation is 2. The Bertz CT molecular complexity index is 519. The predicted molar refractivity (Wildman–Crippen MR) is 76.6 cm³/mol. The number of thiophene rings is 1. The highest BCUT2D eigenvalue weighted by Gasteiger charge is 2.14. The smallest absolute Gasteiger partial charge is 0.0933 e. The van der Waals surface area contributed by atoms with E-state index in [1.54, 1.807) is 11.3 Å². The molecule has 1 nitrogen and oxygen atoms in total. The quantitative estimate of drug-likeness (QED) is 0.890. The van der Waals surface area contributed by atoms with E-state index in [0.717, 1.165) is 9.35 Å². The first kappa shape index (κ1) is 12.8. The molecule has 0 fully saturated rings. The third-order valence-corrected chi connectivity index (χ3v) is 4.72. The normalized spacial score (nSPS) is 12.7. The molecular weight excluding hydrogens is 296 g/mol. The van der Waals surface area contributed by atoms with Crippen LogP contribution in [0.25, 0.3) is 0 Å². The van der Waals surface area contributed by atoms with Crippen LogP contribution in [0, 0.1) is 13.8 Å². The van der Waals surface area contributed by atoms with Gasteiger partial charge in [0, 0.05) is 20.6 Å². The highest BCUT2D eigenvalue weighted by molar-refractivity contribution is 9.10. The van der Waals surface area contributed by atoms with Gasteiger partial charge in [-0.1, -0.05) is 29.8 Å². The lowest BCUT2D eigenvalue weighted by Gasteiger charge is -2.10. The lowest BCUT2D eigenvalue weighted by Crippen LogP contribution is -2.00. The summed E-state index contributed by atoms with van der Waals surface area (Å²) < 4.78 is 1.01. The summed E-state index contributed by atoms with van der Waals surface area (Å²) >= 11 is 5.14. The first-order chi connectivity index (χ1) is 8.06. The number of hydrogen-bond donors (Lipinski definition) is 1. The molecule has 1 heterocycles. The molecule has 0 aliphatic carbocycles. The number of rotatable bonds is 3. The van der Waals surface area contributed by atoms with Gasteiger partial charge in [0.05, 0.1) is 6.10 Å². The van der Waals surface area contributed by atoms with Crippen molar-refractivity contribution in [2.24, 2.45) is 0 Å². The van der Waals surface area contributed by atoms with Gasteiger partial charge in [0.2, 0.25) is 0 Å². The third-order valence-electron chi connectivity index (χ3n) is 2.65. The molecule has 90 valence electrons. The fraction of sp³-hybridized carbons (Fsp3) is 0.286. The van der Waals surface area contributed by atoms with Gasteiger partial charge in [-0.3, -0.25) is 0 Å². The van der Waals surface area contributed by atoms with E-state index >= 15 is 0 Å². The maximum Gasteiger partial charge on any atom is 0.0933 e. The van der Waals surface area contributed by atoms with Crippen molar-refractivity contribution in [2.45, 2.75) is 26.4 Å². The summed E-state index contributed by atoms with van der Waals surface area (Å²) in [6.45, 7) is 4.12. The van der Waals surface area contributed by atoms with Crippen molar-refractivity contribution in [3.63, 3.8) is 0 Å². The first-order valence-electron chi connectivity index (χ1n) is 5.55. The minimum absolute atomic E-state index is 0.426. The highest BCUT2D eigenvalue weighted by atomic mass is 79.9. The Hall–Kier alpha value is -0.640. The summed E-state index contributed by atoms with van der Waals surface area (Å²) in [6, 6.07) is 10.3. The molecule has 0 aliphatic heterocycles. The summed E-state index contributed by atoms with van der Waals surface area (Å²) in [4.78, 5) is 2.24. The Morgan fingerprint density at radius 2 is 2.06 bits per heavy atom. The molecule has 1 aromatic carbocycles. The number of halogens is 1. The molecule has 1 unspecified atom stereocenters. The standard InChI is InChI=1S/C14H15BrOS/c1-9-4-3-5-11(6-9)8-13(16)14-12(15)7-10(2)17-14/h3-7,13,16H,8H2,1-2H3. The van der Waals surface area contributed by atoms with Crippen molar-refractivity contribution in [3.05, 3.63) is 55.7 Å². The van der Waals surface area contributed by atoms with Crippen LogP contribution >= 0.6 is 27.3 Å². The van der Waals surface area contributed by atoms with Crippen molar-refractivity contribution in [2.75, 3.05) is 0 Å². The molecule has 17 heavy (non-hydrogen) atoms. The second-order valence-corrected chi connectivity index (χ2v) is 6.42. The molecule has 0 amide bonds. The molecule has 1 N–H and O–H groups in total. The van der Waals surface area contributed by atoms with E-state index in [1.165, 1.54) is 16.0 Å². The van der Waals surface area contributed by atoms with Crippen molar-refractivity contribution >= 4 is 27.3 Å². The molecular formula is C14H15BrOS. The summed E-state index contributed by atoms with van der Waals surface area (Å²) in [6.07, 6.45) is 0.241. The second kappa shape index (κ2) is 5.34. The molecule has 3 heteroatoms. The fourth-order valence-electron chi connectivity index (χ4n) is 1.88. The van der Waals surface area contributed by atoms with E-state index < -0.39 is 6.10 Å². The Morgan fingerprint density at radius 1 is 1.29 bits per heavy atom. The average Bonchev–Trinajstić information content (AvgIpc) is 2.58. The van der Waals surface area contributed by atoms with Crippen molar-refractivity contribution < 1.29 is 5.11 Å². The van der Waals surface area contributed by atoms with Crippen LogP contribution < -0.4 is 0 Å².